The minimum absolute atomic E-state index is 0. The number of nitrogens with zero attached hydrogens (tertiary/aromatic N) is 4. The van der Waals surface area contributed by atoms with Crippen molar-refractivity contribution < 1.29 is 14.0 Å². The van der Waals surface area contributed by atoms with Gasteiger partial charge in [-0.25, -0.2) is 0 Å². The molecule has 598 valence electrons. The first-order valence-corrected chi connectivity index (χ1v) is 42.7. The van der Waals surface area contributed by atoms with E-state index in [0.29, 0.717) is 0 Å². The predicted molar refractivity (Wildman–Crippen MR) is 525 cm³/mol. The maximum absolute atomic E-state index is 6.46. The molecule has 0 spiro atoms. The van der Waals surface area contributed by atoms with Crippen LogP contribution in [0.5, 0.6) is 0 Å². The van der Waals surface area contributed by atoms with Crippen LogP contribution >= 0.6 is 15.9 Å². The van der Waals surface area contributed by atoms with E-state index in [-0.39, 0.29) is 12.1 Å². The Morgan fingerprint density at radius 1 is 0.202 bits per heavy atom. The number of hydrogen-bond donors (Lipinski definition) is 0. The zero-order valence-electron chi connectivity index (χ0n) is 68.5. The number of rotatable bonds is 8. The van der Waals surface area contributed by atoms with Gasteiger partial charge in [0.15, 0.2) is 0 Å². The van der Waals surface area contributed by atoms with E-state index in [1.165, 1.54) is 134 Å². The van der Waals surface area contributed by atoms with Gasteiger partial charge in [-0.05, 0) is 220 Å². The first-order chi connectivity index (χ1) is 59.9. The van der Waals surface area contributed by atoms with E-state index in [4.69, 9.17) is 9.31 Å². The van der Waals surface area contributed by atoms with E-state index in [9.17, 15) is 0 Å². The third kappa shape index (κ3) is 14.3. The average Bonchev–Trinajstić information content (AvgIpc) is 1.56. The number of anilines is 12. The lowest BCUT2D eigenvalue weighted by atomic mass is 9.77. The Morgan fingerprint density at radius 2 is 0.460 bits per heavy atom. The molecule has 0 aromatic heterocycles. The summed E-state index contributed by atoms with van der Waals surface area (Å²) >= 11 is 3.67. The number of hydrogen-bond acceptors (Lipinski definition) is 6. The summed E-state index contributed by atoms with van der Waals surface area (Å²) in [7, 11) is -0.428. The molecule has 0 bridgehead atoms. The molecular weight excluding hydrogens is 1580 g/mol. The molecule has 1 saturated heterocycles. The van der Waals surface area contributed by atoms with E-state index in [2.05, 4.69) is 500 Å². The predicted octanol–water partition coefficient (Wildman–Crippen LogP) is 32.4. The van der Waals surface area contributed by atoms with Crippen molar-refractivity contribution >= 4 is 96.8 Å². The second-order valence-electron chi connectivity index (χ2n) is 32.6. The summed E-state index contributed by atoms with van der Waals surface area (Å²) in [4.78, 5) is 9.63. The molecule has 0 atom stereocenters. The Balaban J connectivity index is 0.000000130. The van der Waals surface area contributed by atoms with Crippen molar-refractivity contribution in [3.8, 4) is 122 Å². The molecule has 0 saturated carbocycles. The molecule has 0 radical (unpaired) electrons. The van der Waals surface area contributed by atoms with Gasteiger partial charge >= 0.3 is 7.12 Å². The number of para-hydroxylation sites is 6. The van der Waals surface area contributed by atoms with Crippen LogP contribution in [-0.2, 0) is 9.31 Å². The van der Waals surface area contributed by atoms with Crippen LogP contribution in [0.25, 0.3) is 122 Å². The van der Waals surface area contributed by atoms with E-state index in [0.717, 1.165) is 66.7 Å². The van der Waals surface area contributed by atoms with Gasteiger partial charge in [-0.15, -0.1) is 0 Å². The average molecular weight is 1670 g/mol. The van der Waals surface area contributed by atoms with E-state index in [1.807, 2.05) is 0 Å². The molecule has 18 aromatic carbocycles. The van der Waals surface area contributed by atoms with Gasteiger partial charge < -0.3 is 28.9 Å². The second kappa shape index (κ2) is 33.2. The molecule has 0 unspecified atom stereocenters. The van der Waals surface area contributed by atoms with Crippen LogP contribution in [0.4, 0.5) is 73.0 Å². The summed E-state index contributed by atoms with van der Waals surface area (Å²) in [6.45, 7) is 8.40. The fraction of sp³-hybridized carbons (Fsp3) is 0.0609. The van der Waals surface area contributed by atoms with Gasteiger partial charge in [-0.3, -0.25) is 4.70 Å². The van der Waals surface area contributed by atoms with Crippen molar-refractivity contribution in [2.75, 3.05) is 19.6 Å². The van der Waals surface area contributed by atoms with Crippen molar-refractivity contribution in [2.24, 2.45) is 0 Å². The van der Waals surface area contributed by atoms with Crippen LogP contribution in [0.2, 0.25) is 0 Å². The molecule has 1 fully saturated rings. The lowest BCUT2D eigenvalue weighted by Crippen LogP contribution is -2.41. The summed E-state index contributed by atoms with van der Waals surface area (Å²) in [6.07, 6.45) is 0. The normalized spacial score (nSPS) is 13.4. The second-order valence-corrected chi connectivity index (χ2v) is 33.5. The third-order valence-corrected chi connectivity index (χ3v) is 25.4. The molecule has 5 aliphatic heterocycles. The molecule has 0 aliphatic carbocycles. The van der Waals surface area contributed by atoms with Crippen molar-refractivity contribution in [2.45, 2.75) is 46.3 Å². The van der Waals surface area contributed by atoms with Gasteiger partial charge in [0.2, 0.25) is 0 Å². The van der Waals surface area contributed by atoms with Crippen molar-refractivity contribution in [3.05, 3.63) is 441 Å². The largest absolute Gasteiger partial charge is 0.494 e. The van der Waals surface area contributed by atoms with Crippen LogP contribution < -0.4 is 25.1 Å². The van der Waals surface area contributed by atoms with Crippen molar-refractivity contribution in [3.63, 3.8) is 0 Å². The molecule has 124 heavy (non-hydrogen) atoms. The van der Waals surface area contributed by atoms with E-state index >= 15 is 0 Å². The van der Waals surface area contributed by atoms with Gasteiger partial charge in [-0.1, -0.05) is 351 Å². The Morgan fingerprint density at radius 3 is 0.855 bits per heavy atom. The van der Waals surface area contributed by atoms with Gasteiger partial charge in [0, 0.05) is 71.7 Å². The van der Waals surface area contributed by atoms with Gasteiger partial charge in [0.1, 0.15) is 0 Å². The highest BCUT2D eigenvalue weighted by Gasteiger charge is 2.52. The van der Waals surface area contributed by atoms with Gasteiger partial charge in [0.25, 0.3) is 0 Å². The fourth-order valence-corrected chi connectivity index (χ4v) is 18.7. The number of fused-ring (bicyclic) bond motifs is 20. The fourth-order valence-electron chi connectivity index (χ4n) is 18.4. The topological polar surface area (TPSA) is 31.4 Å². The Hall–Kier alpha value is -14.4. The van der Waals surface area contributed by atoms with Crippen molar-refractivity contribution in [1.29, 1.82) is 0 Å². The molecule has 5 heterocycles. The molecule has 0 amide bonds. The molecule has 9 heteroatoms. The zero-order chi connectivity index (χ0) is 82.0. The van der Waals surface area contributed by atoms with Crippen molar-refractivity contribution in [1.82, 2.24) is 0 Å². The summed E-state index contributed by atoms with van der Waals surface area (Å²) in [6, 6.07) is 158. The van der Waals surface area contributed by atoms with Crippen LogP contribution in [0.3, 0.4) is 0 Å². The molecule has 18 aromatic rings. The minimum Gasteiger partial charge on any atom is -0.399 e. The maximum Gasteiger partial charge on any atom is 0.494 e. The highest BCUT2D eigenvalue weighted by atomic mass is 79.9. The van der Waals surface area contributed by atoms with Gasteiger partial charge in [-0.2, -0.15) is 0 Å². The summed E-state index contributed by atoms with van der Waals surface area (Å²) in [5.41, 5.74) is 40.8. The molecule has 5 aliphatic rings. The first kappa shape index (κ1) is 79.3. The Bertz CT molecular complexity index is 7020. The van der Waals surface area contributed by atoms with Crippen LogP contribution in [0.15, 0.2) is 441 Å². The Labute approximate surface area is 735 Å². The highest BCUT2D eigenvalue weighted by molar-refractivity contribution is 9.10. The summed E-state index contributed by atoms with van der Waals surface area (Å²) < 4.78 is 14.0. The number of halogens is 2. The molecular formula is C115H89BBrFN4O2. The van der Waals surface area contributed by atoms with Crippen LogP contribution in [0.1, 0.15) is 35.1 Å². The third-order valence-electron chi connectivity index (χ3n) is 24.9. The maximum atomic E-state index is 6.46. The van der Waals surface area contributed by atoms with E-state index < -0.39 is 18.3 Å². The quantitative estimate of drug-likeness (QED) is 0.141. The van der Waals surface area contributed by atoms with Crippen LogP contribution in [-0.4, -0.2) is 18.3 Å². The molecule has 0 N–H and O–H groups in total. The number of benzene rings is 18. The highest BCUT2D eigenvalue weighted by Crippen LogP contribution is 2.58. The SMILES string of the molecule is Brc1ccc2c(c1)N(c1ccccc1)c1ccccc1-c1ccccc1-2.C.CC1(C)OB(c2ccc3c(c2)-c2ccccc2-c2ccccc2N3c2cccc(-c3ccccc3)c2)OC1(C)C.F.c1ccc(-c2cccc(N3c4ccccc4-c4ccccc4-c4cc(-c5ccc6c(c5)N(c5ccccc5)c5ccccc5-c5ccccc5-6)ccc43)c2)cc1. The summed E-state index contributed by atoms with van der Waals surface area (Å²) in [5.74, 6) is 0. The Kier molecular flexibility index (Phi) is 21.2. The van der Waals surface area contributed by atoms with Crippen LogP contribution in [0, 0.1) is 0 Å². The monoisotopic (exact) mass is 1670 g/mol. The molecule has 23 rings (SSSR count). The standard InChI is InChI=1S/C54H36N2.C36H32BNO2.C24H16BrN.CH4.FH/c1-3-16-37(17-4-1)38-18-15-21-42(34-38)56-52-29-14-12-27-48(52)45-24-9-10-25-46(45)50-35-39(31-33-53(50)56)40-30-32-49-44-23-8-7-22-43(44)47-26-11-13-28-51(47)55(54(49)36-40)41-19-5-2-6-20-41;1-35(2)36(3,4)40-37(39-35)27-21-22-34-32(24-27)30-18-9-8-17-29(30)31-19-10-11-20-33(31)38(34)28-16-12-15-26(23-28)25-13-6-5-7-14-25;25-17-14-15-22-20-11-5-4-10-19(20)21-12-6-7-13-23(21)26(24(22)16-17)18-8-2-1-3-9-18;;/h1-36H;5-24H,1-4H3;1-16H;1H4;1H. The smallest absolute Gasteiger partial charge is 0.399 e. The first-order valence-electron chi connectivity index (χ1n) is 41.9. The molecule has 6 nitrogen and oxygen atoms in total. The van der Waals surface area contributed by atoms with Gasteiger partial charge in [0.05, 0.1) is 56.7 Å². The summed E-state index contributed by atoms with van der Waals surface area (Å²) in [5, 5.41) is 0. The lowest BCUT2D eigenvalue weighted by Gasteiger charge is -2.32. The van der Waals surface area contributed by atoms with E-state index in [1.54, 1.807) is 0 Å². The zero-order valence-corrected chi connectivity index (χ0v) is 70.1. The minimum atomic E-state index is -0.428. The lowest BCUT2D eigenvalue weighted by molar-refractivity contribution is 0.00578.